The summed E-state index contributed by atoms with van der Waals surface area (Å²) in [6.07, 6.45) is 0.396. The molecule has 0 aromatic heterocycles. The van der Waals surface area contributed by atoms with E-state index in [1.807, 2.05) is 0 Å². The number of ether oxygens (including phenoxy) is 1. The van der Waals surface area contributed by atoms with Crippen molar-refractivity contribution in [3.05, 3.63) is 0 Å². The third kappa shape index (κ3) is 3.46. The third-order valence-corrected chi connectivity index (χ3v) is 1.68. The minimum absolute atomic E-state index is 0.149. The topological polar surface area (TPSA) is 26.3 Å². The van der Waals surface area contributed by atoms with Gasteiger partial charge in [-0.3, -0.25) is 4.79 Å². The van der Waals surface area contributed by atoms with Crippen LogP contribution in [0.1, 0.15) is 26.7 Å². The molecule has 0 aromatic rings. The highest BCUT2D eigenvalue weighted by molar-refractivity contribution is 5.86. The van der Waals surface area contributed by atoms with E-state index in [9.17, 15) is 9.18 Å². The molecule has 0 aromatic carbocycles. The van der Waals surface area contributed by atoms with Gasteiger partial charge in [-0.1, -0.05) is 6.92 Å². The van der Waals surface area contributed by atoms with Crippen molar-refractivity contribution < 1.29 is 13.9 Å². The molecule has 0 bridgehead atoms. The molecule has 1 unspecified atom stereocenters. The lowest BCUT2D eigenvalue weighted by atomic mass is 9.98. The number of halogens is 1. The van der Waals surface area contributed by atoms with Crippen molar-refractivity contribution in [2.45, 2.75) is 32.4 Å². The Bertz CT molecular complexity index is 132. The molecule has 0 spiro atoms. The molecule has 3 heteroatoms. The van der Waals surface area contributed by atoms with E-state index < -0.39 is 5.67 Å². The molecular formula is C8H15FO2. The summed E-state index contributed by atoms with van der Waals surface area (Å²) in [5.74, 6) is -0.352. The first-order valence-corrected chi connectivity index (χ1v) is 3.75. The van der Waals surface area contributed by atoms with Crippen LogP contribution in [0.2, 0.25) is 0 Å². The smallest absolute Gasteiger partial charge is 0.169 e. The van der Waals surface area contributed by atoms with Gasteiger partial charge in [-0.2, -0.15) is 0 Å². The zero-order valence-electron chi connectivity index (χ0n) is 7.32. The number of hydrogen-bond donors (Lipinski definition) is 0. The van der Waals surface area contributed by atoms with Crippen molar-refractivity contribution in [1.29, 1.82) is 0 Å². The number of Topliss-reactive ketones (excluding diaryl/α,β-unsaturated/α-hetero) is 1. The minimum Gasteiger partial charge on any atom is -0.385 e. The molecule has 0 aliphatic rings. The predicted octanol–water partition coefficient (Wildman–Crippen LogP) is 1.73. The zero-order valence-corrected chi connectivity index (χ0v) is 7.32. The Balaban J connectivity index is 3.88. The summed E-state index contributed by atoms with van der Waals surface area (Å²) in [6, 6.07) is 0. The quantitative estimate of drug-likeness (QED) is 0.615. The molecule has 66 valence electrons. The normalized spacial score (nSPS) is 16.0. The van der Waals surface area contributed by atoms with Gasteiger partial charge in [0.15, 0.2) is 11.5 Å². The Labute approximate surface area is 66.7 Å². The van der Waals surface area contributed by atoms with Gasteiger partial charge in [0.1, 0.15) is 0 Å². The summed E-state index contributed by atoms with van der Waals surface area (Å²) in [5.41, 5.74) is -1.70. The molecule has 0 N–H and O–H groups in total. The molecule has 2 nitrogen and oxygen atoms in total. The van der Waals surface area contributed by atoms with Crippen LogP contribution in [-0.2, 0) is 9.53 Å². The highest BCUT2D eigenvalue weighted by Gasteiger charge is 2.30. The lowest BCUT2D eigenvalue weighted by molar-refractivity contribution is -0.130. The van der Waals surface area contributed by atoms with Crippen LogP contribution in [0.25, 0.3) is 0 Å². The van der Waals surface area contributed by atoms with Crippen molar-refractivity contribution in [3.8, 4) is 0 Å². The number of methoxy groups -OCH3 is 1. The van der Waals surface area contributed by atoms with E-state index in [-0.39, 0.29) is 18.6 Å². The minimum atomic E-state index is -1.70. The monoisotopic (exact) mass is 162 g/mol. The molecule has 0 fully saturated rings. The van der Waals surface area contributed by atoms with Crippen molar-refractivity contribution in [2.24, 2.45) is 0 Å². The third-order valence-electron chi connectivity index (χ3n) is 1.68. The molecule has 0 saturated carbocycles. The Kier molecular flexibility index (Phi) is 4.26. The maximum Gasteiger partial charge on any atom is 0.169 e. The van der Waals surface area contributed by atoms with Crippen molar-refractivity contribution in [3.63, 3.8) is 0 Å². The molecule has 11 heavy (non-hydrogen) atoms. The lowest BCUT2D eigenvalue weighted by Crippen LogP contribution is -2.30. The maximum absolute atomic E-state index is 13.2. The van der Waals surface area contributed by atoms with Crippen molar-refractivity contribution >= 4 is 5.78 Å². The van der Waals surface area contributed by atoms with E-state index in [4.69, 9.17) is 0 Å². The zero-order chi connectivity index (χ0) is 8.91. The van der Waals surface area contributed by atoms with Gasteiger partial charge in [0.05, 0.1) is 0 Å². The first kappa shape index (κ1) is 10.6. The summed E-state index contributed by atoms with van der Waals surface area (Å²) in [6.45, 7) is 3.25. The van der Waals surface area contributed by atoms with E-state index in [0.717, 1.165) is 0 Å². The Hall–Kier alpha value is -0.440. The van der Waals surface area contributed by atoms with E-state index in [1.54, 1.807) is 6.92 Å². The molecule has 0 radical (unpaired) electrons. The summed E-state index contributed by atoms with van der Waals surface area (Å²) < 4.78 is 17.9. The van der Waals surface area contributed by atoms with E-state index in [0.29, 0.717) is 6.61 Å². The number of ketones is 1. The molecule has 1 atom stereocenters. The summed E-state index contributed by atoms with van der Waals surface area (Å²) in [5, 5.41) is 0. The SMILES string of the molecule is CCC(=O)C(C)(F)CCOC. The lowest BCUT2D eigenvalue weighted by Gasteiger charge is -2.16. The molecule has 0 aliphatic heterocycles. The number of hydrogen-bond acceptors (Lipinski definition) is 2. The van der Waals surface area contributed by atoms with Gasteiger partial charge in [0.2, 0.25) is 0 Å². The number of rotatable bonds is 5. The number of alkyl halides is 1. The highest BCUT2D eigenvalue weighted by Crippen LogP contribution is 2.17. The van der Waals surface area contributed by atoms with Gasteiger partial charge in [-0.15, -0.1) is 0 Å². The van der Waals surface area contributed by atoms with Crippen LogP contribution in [0.3, 0.4) is 0 Å². The molecule has 0 amide bonds. The molecule has 0 aliphatic carbocycles. The van der Waals surface area contributed by atoms with Gasteiger partial charge in [-0.05, 0) is 6.92 Å². The van der Waals surface area contributed by atoms with Crippen LogP contribution in [0.5, 0.6) is 0 Å². The van der Waals surface area contributed by atoms with Gasteiger partial charge in [-0.25, -0.2) is 4.39 Å². The second-order valence-electron chi connectivity index (χ2n) is 2.72. The van der Waals surface area contributed by atoms with Gasteiger partial charge >= 0.3 is 0 Å². The second-order valence-corrected chi connectivity index (χ2v) is 2.72. The Morgan fingerprint density at radius 1 is 1.64 bits per heavy atom. The van der Waals surface area contributed by atoms with Gasteiger partial charge < -0.3 is 4.74 Å². The largest absolute Gasteiger partial charge is 0.385 e. The van der Waals surface area contributed by atoms with Crippen LogP contribution in [0.4, 0.5) is 4.39 Å². The van der Waals surface area contributed by atoms with Crippen LogP contribution in [0.15, 0.2) is 0 Å². The fourth-order valence-corrected chi connectivity index (χ4v) is 0.802. The van der Waals surface area contributed by atoms with Gasteiger partial charge in [0, 0.05) is 26.6 Å². The molecule has 0 saturated heterocycles. The molecular weight excluding hydrogens is 147 g/mol. The summed E-state index contributed by atoms with van der Waals surface area (Å²) >= 11 is 0. The standard InChI is InChI=1S/C8H15FO2/c1-4-7(10)8(2,9)5-6-11-3/h4-6H2,1-3H3. The number of carbonyl (C=O) groups is 1. The van der Waals surface area contributed by atoms with Crippen molar-refractivity contribution in [2.75, 3.05) is 13.7 Å². The predicted molar refractivity (Wildman–Crippen MR) is 41.3 cm³/mol. The first-order valence-electron chi connectivity index (χ1n) is 3.75. The van der Waals surface area contributed by atoms with Crippen molar-refractivity contribution in [1.82, 2.24) is 0 Å². The Morgan fingerprint density at radius 2 is 2.18 bits per heavy atom. The Morgan fingerprint density at radius 3 is 2.55 bits per heavy atom. The van der Waals surface area contributed by atoms with Crippen LogP contribution in [0, 0.1) is 0 Å². The second kappa shape index (κ2) is 4.44. The van der Waals surface area contributed by atoms with Crippen LogP contribution >= 0.6 is 0 Å². The average Bonchev–Trinajstić information content (AvgIpc) is 1.99. The fourth-order valence-electron chi connectivity index (χ4n) is 0.802. The maximum atomic E-state index is 13.2. The van der Waals surface area contributed by atoms with E-state index in [2.05, 4.69) is 4.74 Å². The first-order chi connectivity index (χ1) is 5.04. The van der Waals surface area contributed by atoms with Gasteiger partial charge in [0.25, 0.3) is 0 Å². The molecule has 0 heterocycles. The van der Waals surface area contributed by atoms with Crippen LogP contribution in [-0.4, -0.2) is 25.2 Å². The van der Waals surface area contributed by atoms with E-state index >= 15 is 0 Å². The summed E-state index contributed by atoms with van der Waals surface area (Å²) in [7, 11) is 1.49. The highest BCUT2D eigenvalue weighted by atomic mass is 19.1. The average molecular weight is 162 g/mol. The van der Waals surface area contributed by atoms with Crippen LogP contribution < -0.4 is 0 Å². The fraction of sp³-hybridized carbons (Fsp3) is 0.875. The molecule has 0 rings (SSSR count). The summed E-state index contributed by atoms with van der Waals surface area (Å²) in [4.78, 5) is 10.9. The number of carbonyl (C=O) groups excluding carboxylic acids is 1. The van der Waals surface area contributed by atoms with E-state index in [1.165, 1.54) is 14.0 Å².